The van der Waals surface area contributed by atoms with Crippen molar-refractivity contribution in [2.75, 3.05) is 10.0 Å². The predicted molar refractivity (Wildman–Crippen MR) is 90.4 cm³/mol. The number of anilines is 2. The van der Waals surface area contributed by atoms with Crippen molar-refractivity contribution in [2.24, 2.45) is 0 Å². The van der Waals surface area contributed by atoms with Gasteiger partial charge in [0, 0.05) is 17.3 Å². The highest BCUT2D eigenvalue weighted by Gasteiger charge is 2.14. The lowest BCUT2D eigenvalue weighted by Crippen LogP contribution is -2.14. The molecule has 1 aromatic heterocycles. The molecular formula is C17H14N2O4S. The van der Waals surface area contributed by atoms with Gasteiger partial charge in [0.05, 0.1) is 11.2 Å². The highest BCUT2D eigenvalue weighted by molar-refractivity contribution is 7.92. The van der Waals surface area contributed by atoms with Crippen molar-refractivity contribution < 1.29 is 17.6 Å². The second-order valence-corrected chi connectivity index (χ2v) is 6.61. The monoisotopic (exact) mass is 342 g/mol. The fraction of sp³-hybridized carbons (Fsp3) is 0. The van der Waals surface area contributed by atoms with Crippen LogP contribution in [0.1, 0.15) is 10.4 Å². The molecule has 7 heteroatoms. The molecule has 3 aromatic rings. The molecule has 0 bridgehead atoms. The van der Waals surface area contributed by atoms with Crippen LogP contribution < -0.4 is 10.0 Å². The molecule has 0 aliphatic heterocycles. The van der Waals surface area contributed by atoms with Crippen molar-refractivity contribution >= 4 is 27.5 Å². The summed E-state index contributed by atoms with van der Waals surface area (Å²) in [5.41, 5.74) is 0.752. The number of benzene rings is 2. The summed E-state index contributed by atoms with van der Waals surface area (Å²) in [6.45, 7) is 0. The molecular weight excluding hydrogens is 328 g/mol. The van der Waals surface area contributed by atoms with Gasteiger partial charge in [0.2, 0.25) is 0 Å². The standard InChI is InChI=1S/C17H14N2O4S/c20-17(18-16-7-4-12-23-16)13-8-10-14(11-9-13)19-24(21,22)15-5-2-1-3-6-15/h1-12,19H,(H,18,20). The van der Waals surface area contributed by atoms with E-state index in [4.69, 9.17) is 4.42 Å². The quantitative estimate of drug-likeness (QED) is 0.744. The Kier molecular flexibility index (Phi) is 4.35. The molecule has 2 N–H and O–H groups in total. The SMILES string of the molecule is O=C(Nc1ccco1)c1ccc(NS(=O)(=O)c2ccccc2)cc1. The van der Waals surface area contributed by atoms with Gasteiger partial charge in [-0.3, -0.25) is 14.8 Å². The van der Waals surface area contributed by atoms with Crippen LogP contribution in [-0.4, -0.2) is 14.3 Å². The molecule has 0 saturated carbocycles. The number of carbonyl (C=O) groups excluding carboxylic acids is 1. The van der Waals surface area contributed by atoms with Gasteiger partial charge in [-0.25, -0.2) is 8.42 Å². The van der Waals surface area contributed by atoms with Crippen LogP contribution >= 0.6 is 0 Å². The Morgan fingerprint density at radius 2 is 1.58 bits per heavy atom. The average Bonchev–Trinajstić information content (AvgIpc) is 3.09. The van der Waals surface area contributed by atoms with Crippen LogP contribution in [0.3, 0.4) is 0 Å². The van der Waals surface area contributed by atoms with Crippen molar-refractivity contribution in [1.82, 2.24) is 0 Å². The number of rotatable bonds is 5. The zero-order chi connectivity index (χ0) is 17.0. The van der Waals surface area contributed by atoms with E-state index in [2.05, 4.69) is 10.0 Å². The van der Waals surface area contributed by atoms with Crippen LogP contribution in [0, 0.1) is 0 Å². The van der Waals surface area contributed by atoms with Crippen LogP contribution in [0.4, 0.5) is 11.6 Å². The van der Waals surface area contributed by atoms with Crippen molar-refractivity contribution in [3.05, 3.63) is 78.6 Å². The highest BCUT2D eigenvalue weighted by atomic mass is 32.2. The Balaban J connectivity index is 1.72. The minimum absolute atomic E-state index is 0.171. The van der Waals surface area contributed by atoms with E-state index in [9.17, 15) is 13.2 Å². The van der Waals surface area contributed by atoms with Crippen LogP contribution in [0.5, 0.6) is 0 Å². The highest BCUT2D eigenvalue weighted by Crippen LogP contribution is 2.17. The zero-order valence-electron chi connectivity index (χ0n) is 12.5. The van der Waals surface area contributed by atoms with Gasteiger partial charge in [-0.2, -0.15) is 0 Å². The molecule has 0 fully saturated rings. The number of hydrogen-bond acceptors (Lipinski definition) is 4. The molecule has 0 radical (unpaired) electrons. The number of amides is 1. The van der Waals surface area contributed by atoms with Crippen molar-refractivity contribution in [3.63, 3.8) is 0 Å². The molecule has 122 valence electrons. The van der Waals surface area contributed by atoms with Gasteiger partial charge < -0.3 is 4.42 Å². The van der Waals surface area contributed by atoms with Crippen molar-refractivity contribution in [1.29, 1.82) is 0 Å². The Bertz CT molecular complexity index is 918. The van der Waals surface area contributed by atoms with Crippen LogP contribution in [0.15, 0.2) is 82.3 Å². The number of nitrogens with one attached hydrogen (secondary N) is 2. The van der Waals surface area contributed by atoms with Crippen LogP contribution in [0.25, 0.3) is 0 Å². The Labute approximate surface area is 139 Å². The molecule has 0 unspecified atom stereocenters. The fourth-order valence-corrected chi connectivity index (χ4v) is 3.12. The average molecular weight is 342 g/mol. The summed E-state index contributed by atoms with van der Waals surface area (Å²) in [6, 6.07) is 17.5. The van der Waals surface area contributed by atoms with Crippen LogP contribution in [-0.2, 0) is 10.0 Å². The maximum absolute atomic E-state index is 12.2. The van der Waals surface area contributed by atoms with Crippen molar-refractivity contribution in [2.45, 2.75) is 4.90 Å². The summed E-state index contributed by atoms with van der Waals surface area (Å²) >= 11 is 0. The van der Waals surface area contributed by atoms with Gasteiger partial charge in [0.25, 0.3) is 15.9 Å². The van der Waals surface area contributed by atoms with E-state index in [1.165, 1.54) is 42.7 Å². The summed E-state index contributed by atoms with van der Waals surface area (Å²) in [6.07, 6.45) is 1.46. The Morgan fingerprint density at radius 3 is 2.21 bits per heavy atom. The first-order valence-electron chi connectivity index (χ1n) is 7.07. The summed E-state index contributed by atoms with van der Waals surface area (Å²) in [5, 5.41) is 2.59. The lowest BCUT2D eigenvalue weighted by atomic mass is 10.2. The second-order valence-electron chi connectivity index (χ2n) is 4.93. The van der Waals surface area contributed by atoms with Gasteiger partial charge in [-0.15, -0.1) is 0 Å². The molecule has 6 nitrogen and oxygen atoms in total. The van der Waals surface area contributed by atoms with E-state index >= 15 is 0 Å². The number of furan rings is 1. The first kappa shape index (κ1) is 15.8. The minimum atomic E-state index is -3.65. The number of sulfonamides is 1. The molecule has 0 aliphatic rings. The third kappa shape index (κ3) is 3.64. The van der Waals surface area contributed by atoms with E-state index in [1.807, 2.05) is 0 Å². The maximum atomic E-state index is 12.2. The van der Waals surface area contributed by atoms with Crippen LogP contribution in [0.2, 0.25) is 0 Å². The van der Waals surface area contributed by atoms with Gasteiger partial charge in [-0.1, -0.05) is 18.2 Å². The molecule has 1 heterocycles. The van der Waals surface area contributed by atoms with Gasteiger partial charge in [0.15, 0.2) is 5.88 Å². The predicted octanol–water partition coefficient (Wildman–Crippen LogP) is 3.33. The summed E-state index contributed by atoms with van der Waals surface area (Å²) in [7, 11) is -3.65. The van der Waals surface area contributed by atoms with E-state index in [-0.39, 0.29) is 10.8 Å². The molecule has 1 amide bonds. The van der Waals surface area contributed by atoms with E-state index in [1.54, 1.807) is 30.3 Å². The fourth-order valence-electron chi connectivity index (χ4n) is 2.04. The maximum Gasteiger partial charge on any atom is 0.261 e. The Hall–Kier alpha value is -3.06. The first-order valence-corrected chi connectivity index (χ1v) is 8.56. The molecule has 0 aliphatic carbocycles. The van der Waals surface area contributed by atoms with E-state index in [0.29, 0.717) is 17.1 Å². The second kappa shape index (κ2) is 6.59. The third-order valence-corrected chi connectivity index (χ3v) is 4.61. The molecule has 3 rings (SSSR count). The van der Waals surface area contributed by atoms with Crippen molar-refractivity contribution in [3.8, 4) is 0 Å². The molecule has 0 spiro atoms. The van der Waals surface area contributed by atoms with Gasteiger partial charge in [-0.05, 0) is 42.5 Å². The summed E-state index contributed by atoms with van der Waals surface area (Å²) in [5.74, 6) is -0.00345. The minimum Gasteiger partial charge on any atom is -0.449 e. The lowest BCUT2D eigenvalue weighted by Gasteiger charge is -2.08. The summed E-state index contributed by atoms with van der Waals surface area (Å²) in [4.78, 5) is 12.2. The largest absolute Gasteiger partial charge is 0.449 e. The molecule has 0 saturated heterocycles. The lowest BCUT2D eigenvalue weighted by molar-refractivity contribution is 0.102. The summed E-state index contributed by atoms with van der Waals surface area (Å²) < 4.78 is 32.0. The molecule has 24 heavy (non-hydrogen) atoms. The molecule has 0 atom stereocenters. The van der Waals surface area contributed by atoms with E-state index in [0.717, 1.165) is 0 Å². The number of hydrogen-bond donors (Lipinski definition) is 2. The Morgan fingerprint density at radius 1 is 0.875 bits per heavy atom. The topological polar surface area (TPSA) is 88.4 Å². The molecule has 2 aromatic carbocycles. The first-order chi connectivity index (χ1) is 11.5. The van der Waals surface area contributed by atoms with E-state index < -0.39 is 10.0 Å². The third-order valence-electron chi connectivity index (χ3n) is 3.21. The zero-order valence-corrected chi connectivity index (χ0v) is 13.3. The normalized spacial score (nSPS) is 11.0. The van der Waals surface area contributed by atoms with Gasteiger partial charge in [0.1, 0.15) is 0 Å². The smallest absolute Gasteiger partial charge is 0.261 e. The number of carbonyl (C=O) groups is 1. The van der Waals surface area contributed by atoms with Gasteiger partial charge >= 0.3 is 0 Å².